The van der Waals surface area contributed by atoms with Crippen molar-refractivity contribution >= 4 is 16.6 Å². The molecule has 0 saturated carbocycles. The van der Waals surface area contributed by atoms with Gasteiger partial charge in [0.25, 0.3) is 0 Å². The summed E-state index contributed by atoms with van der Waals surface area (Å²) < 4.78 is 11.5. The zero-order chi connectivity index (χ0) is 13.8. The summed E-state index contributed by atoms with van der Waals surface area (Å²) in [6, 6.07) is 6.93. The molecular formula is C15H14O4. The summed E-state index contributed by atoms with van der Waals surface area (Å²) >= 11 is 0. The highest BCUT2D eigenvalue weighted by Crippen LogP contribution is 2.45. The number of ether oxygens (including phenoxy) is 2. The third kappa shape index (κ3) is 1.71. The zero-order valence-electron chi connectivity index (χ0n) is 11.0. The second-order valence-electron chi connectivity index (χ2n) is 5.11. The molecule has 0 radical (unpaired) electrons. The van der Waals surface area contributed by atoms with E-state index in [4.69, 9.17) is 9.47 Å². The van der Waals surface area contributed by atoms with Crippen LogP contribution in [0.15, 0.2) is 24.3 Å². The van der Waals surface area contributed by atoms with Gasteiger partial charge in [0, 0.05) is 19.2 Å². The quantitative estimate of drug-likeness (QED) is 0.798. The van der Waals surface area contributed by atoms with Gasteiger partial charge in [-0.05, 0) is 19.1 Å². The topological polar surface area (TPSA) is 55.8 Å². The van der Waals surface area contributed by atoms with Gasteiger partial charge in [-0.2, -0.15) is 0 Å². The molecule has 98 valence electrons. The molecule has 19 heavy (non-hydrogen) atoms. The van der Waals surface area contributed by atoms with Crippen molar-refractivity contribution in [3.8, 4) is 17.2 Å². The molecule has 1 aliphatic rings. The van der Waals surface area contributed by atoms with Crippen molar-refractivity contribution in [1.82, 2.24) is 0 Å². The summed E-state index contributed by atoms with van der Waals surface area (Å²) in [4.78, 5) is 11.6. The number of Topliss-reactive ketones (excluding diaryl/α,β-unsaturated/α-hetero) is 1. The maximum Gasteiger partial charge on any atom is 0.245 e. The molecule has 0 saturated heterocycles. The fraction of sp³-hybridized carbons (Fsp3) is 0.267. The van der Waals surface area contributed by atoms with Crippen molar-refractivity contribution < 1.29 is 19.4 Å². The third-order valence-corrected chi connectivity index (χ3v) is 3.15. The van der Waals surface area contributed by atoms with E-state index in [9.17, 15) is 9.90 Å². The number of phenols is 1. The van der Waals surface area contributed by atoms with Crippen LogP contribution >= 0.6 is 0 Å². The summed E-state index contributed by atoms with van der Waals surface area (Å²) in [5, 5.41) is 11.5. The van der Waals surface area contributed by atoms with Crippen molar-refractivity contribution in [3.63, 3.8) is 0 Å². The van der Waals surface area contributed by atoms with Gasteiger partial charge in [-0.1, -0.05) is 12.1 Å². The van der Waals surface area contributed by atoms with Gasteiger partial charge in [-0.3, -0.25) is 4.79 Å². The molecule has 0 fully saturated rings. The number of carbonyl (C=O) groups excluding carboxylic acids is 1. The van der Waals surface area contributed by atoms with E-state index in [-0.39, 0.29) is 17.1 Å². The number of ketones is 1. The van der Waals surface area contributed by atoms with Crippen LogP contribution in [-0.4, -0.2) is 16.7 Å². The smallest absolute Gasteiger partial charge is 0.245 e. The molecular weight excluding hydrogens is 244 g/mol. The zero-order valence-corrected chi connectivity index (χ0v) is 11.0. The molecule has 4 nitrogen and oxygen atoms in total. The Kier molecular flexibility index (Phi) is 2.26. The minimum atomic E-state index is -0.799. The molecule has 0 amide bonds. The van der Waals surface area contributed by atoms with E-state index >= 15 is 0 Å². The van der Waals surface area contributed by atoms with Crippen LogP contribution in [0.5, 0.6) is 17.2 Å². The first-order valence-electron chi connectivity index (χ1n) is 6.07. The monoisotopic (exact) mass is 258 g/mol. The lowest BCUT2D eigenvalue weighted by Gasteiger charge is -2.33. The van der Waals surface area contributed by atoms with Crippen LogP contribution in [0.1, 0.15) is 31.1 Å². The van der Waals surface area contributed by atoms with Gasteiger partial charge in [0.1, 0.15) is 17.2 Å². The van der Waals surface area contributed by atoms with Crippen LogP contribution in [0.4, 0.5) is 0 Å². The molecule has 0 atom stereocenters. The molecule has 1 N–H and O–H groups in total. The predicted molar refractivity (Wildman–Crippen MR) is 71.0 cm³/mol. The number of hydrogen-bond donors (Lipinski definition) is 1. The first kappa shape index (κ1) is 11.8. The highest BCUT2D eigenvalue weighted by atomic mass is 16.7. The number of hydrogen-bond acceptors (Lipinski definition) is 4. The lowest BCUT2D eigenvalue weighted by atomic mass is 10.0. The molecule has 0 unspecified atom stereocenters. The highest BCUT2D eigenvalue weighted by molar-refractivity contribution is 6.07. The Balaban J connectivity index is 2.41. The molecule has 0 spiro atoms. The molecule has 3 rings (SSSR count). The average Bonchev–Trinajstić information content (AvgIpc) is 2.31. The van der Waals surface area contributed by atoms with Crippen molar-refractivity contribution in [1.29, 1.82) is 0 Å². The number of phenolic OH excluding ortho intramolecular Hbond substituents is 1. The Labute approximate surface area is 110 Å². The van der Waals surface area contributed by atoms with E-state index in [1.807, 2.05) is 6.07 Å². The van der Waals surface area contributed by atoms with Gasteiger partial charge in [-0.25, -0.2) is 0 Å². The van der Waals surface area contributed by atoms with E-state index < -0.39 is 5.79 Å². The standard InChI is InChI=1S/C15H14O4/c1-8(16)10-7-12-13-9(14(10)17)5-4-6-11(13)18-15(2,3)19-12/h4-7,17H,1-3H3. The van der Waals surface area contributed by atoms with Crippen molar-refractivity contribution in [2.24, 2.45) is 0 Å². The molecule has 4 heteroatoms. The molecule has 0 bridgehead atoms. The van der Waals surface area contributed by atoms with Crippen LogP contribution in [0.3, 0.4) is 0 Å². The Morgan fingerprint density at radius 2 is 1.89 bits per heavy atom. The second-order valence-corrected chi connectivity index (χ2v) is 5.11. The predicted octanol–water partition coefficient (Wildman–Crippen LogP) is 3.26. The normalized spacial score (nSPS) is 15.7. The summed E-state index contributed by atoms with van der Waals surface area (Å²) in [5.41, 5.74) is 0.261. The Morgan fingerprint density at radius 3 is 2.58 bits per heavy atom. The van der Waals surface area contributed by atoms with E-state index in [1.54, 1.807) is 32.0 Å². The average molecular weight is 258 g/mol. The molecule has 2 aromatic carbocycles. The van der Waals surface area contributed by atoms with Crippen LogP contribution in [0, 0.1) is 0 Å². The van der Waals surface area contributed by atoms with E-state index in [0.717, 1.165) is 0 Å². The molecule has 1 aliphatic heterocycles. The molecule has 0 aromatic heterocycles. The van der Waals surface area contributed by atoms with Gasteiger partial charge in [0.2, 0.25) is 5.79 Å². The first-order chi connectivity index (χ1) is 8.89. The fourth-order valence-electron chi connectivity index (χ4n) is 2.38. The van der Waals surface area contributed by atoms with Crippen molar-refractivity contribution in [3.05, 3.63) is 29.8 Å². The minimum absolute atomic E-state index is 0.0278. The number of rotatable bonds is 1. The Hall–Kier alpha value is -2.23. The van der Waals surface area contributed by atoms with Crippen molar-refractivity contribution in [2.45, 2.75) is 26.6 Å². The van der Waals surface area contributed by atoms with E-state index in [0.29, 0.717) is 22.3 Å². The lowest BCUT2D eigenvalue weighted by molar-refractivity contribution is -0.0861. The van der Waals surface area contributed by atoms with Crippen LogP contribution < -0.4 is 9.47 Å². The van der Waals surface area contributed by atoms with Crippen molar-refractivity contribution in [2.75, 3.05) is 0 Å². The largest absolute Gasteiger partial charge is 0.507 e. The first-order valence-corrected chi connectivity index (χ1v) is 6.07. The van der Waals surface area contributed by atoms with E-state index in [2.05, 4.69) is 0 Å². The number of carbonyl (C=O) groups is 1. The van der Waals surface area contributed by atoms with Gasteiger partial charge < -0.3 is 14.6 Å². The van der Waals surface area contributed by atoms with Crippen LogP contribution in [-0.2, 0) is 0 Å². The number of aromatic hydroxyl groups is 1. The molecule has 1 heterocycles. The van der Waals surface area contributed by atoms with Crippen LogP contribution in [0.2, 0.25) is 0 Å². The third-order valence-electron chi connectivity index (χ3n) is 3.15. The SMILES string of the molecule is CC(=O)c1cc2c3c(cccc3c1O)OC(C)(C)O2. The van der Waals surface area contributed by atoms with Crippen LogP contribution in [0.25, 0.3) is 10.8 Å². The Morgan fingerprint density at radius 1 is 1.21 bits per heavy atom. The summed E-state index contributed by atoms with van der Waals surface area (Å²) in [6.45, 7) is 5.02. The van der Waals surface area contributed by atoms with Gasteiger partial charge in [-0.15, -0.1) is 0 Å². The molecule has 0 aliphatic carbocycles. The lowest BCUT2D eigenvalue weighted by Crippen LogP contribution is -2.37. The van der Waals surface area contributed by atoms with Gasteiger partial charge in [0.05, 0.1) is 10.9 Å². The highest BCUT2D eigenvalue weighted by Gasteiger charge is 2.31. The summed E-state index contributed by atoms with van der Waals surface area (Å²) in [6.07, 6.45) is 0. The minimum Gasteiger partial charge on any atom is -0.507 e. The maximum absolute atomic E-state index is 11.6. The number of benzene rings is 2. The Bertz CT molecular complexity index is 701. The summed E-state index contributed by atoms with van der Waals surface area (Å²) in [5.74, 6) is 0.180. The van der Waals surface area contributed by atoms with E-state index in [1.165, 1.54) is 6.92 Å². The second kappa shape index (κ2) is 3.63. The summed E-state index contributed by atoms with van der Waals surface area (Å²) in [7, 11) is 0. The van der Waals surface area contributed by atoms with Gasteiger partial charge in [0.15, 0.2) is 5.78 Å². The fourth-order valence-corrected chi connectivity index (χ4v) is 2.38. The maximum atomic E-state index is 11.6. The molecule has 2 aromatic rings. The van der Waals surface area contributed by atoms with Gasteiger partial charge >= 0.3 is 0 Å².